The fourth-order valence-corrected chi connectivity index (χ4v) is 1.04. The van der Waals surface area contributed by atoms with Crippen LogP contribution in [-0.2, 0) is 5.41 Å². The van der Waals surface area contributed by atoms with E-state index in [-0.39, 0.29) is 5.41 Å². The van der Waals surface area contributed by atoms with Crippen molar-refractivity contribution in [3.63, 3.8) is 0 Å². The second-order valence-corrected chi connectivity index (χ2v) is 4.01. The van der Waals surface area contributed by atoms with Crippen molar-refractivity contribution >= 4 is 6.08 Å². The predicted molar refractivity (Wildman–Crippen MR) is 54.1 cm³/mol. The molecule has 0 unspecified atom stereocenters. The molecule has 1 aromatic rings. The highest BCUT2D eigenvalue weighted by atomic mass is 14.2. The average molecular weight is 159 g/mol. The fourth-order valence-electron chi connectivity index (χ4n) is 1.04. The van der Waals surface area contributed by atoms with Crippen LogP contribution >= 0.6 is 0 Å². The van der Waals surface area contributed by atoms with Crippen LogP contribution in [-0.4, -0.2) is 0 Å². The first-order chi connectivity index (χ1) is 5.54. The zero-order valence-electron chi connectivity index (χ0n) is 8.02. The summed E-state index contributed by atoms with van der Waals surface area (Å²) >= 11 is 0. The minimum Gasteiger partial charge on any atom is -0.0985 e. The Labute approximate surface area is 74.9 Å². The summed E-state index contributed by atoms with van der Waals surface area (Å²) in [5, 5.41) is 0. The molecule has 0 saturated carbocycles. The molecule has 1 radical (unpaired) electrons. The molecule has 0 heterocycles. The molecule has 0 spiro atoms. The average Bonchev–Trinajstić information content (AvgIpc) is 2.03. The van der Waals surface area contributed by atoms with Gasteiger partial charge in [-0.15, -0.1) is 0 Å². The van der Waals surface area contributed by atoms with Gasteiger partial charge < -0.3 is 0 Å². The van der Waals surface area contributed by atoms with Gasteiger partial charge >= 0.3 is 0 Å². The van der Waals surface area contributed by atoms with Crippen molar-refractivity contribution in [3.05, 3.63) is 42.0 Å². The van der Waals surface area contributed by atoms with Gasteiger partial charge in [-0.25, -0.2) is 0 Å². The first-order valence-electron chi connectivity index (χ1n) is 4.18. The Morgan fingerprint density at radius 3 is 2.50 bits per heavy atom. The van der Waals surface area contributed by atoms with E-state index in [0.717, 1.165) is 5.56 Å². The van der Waals surface area contributed by atoms with E-state index < -0.39 is 0 Å². The van der Waals surface area contributed by atoms with Crippen molar-refractivity contribution < 1.29 is 0 Å². The minimum atomic E-state index is 0.204. The molecule has 0 bridgehead atoms. The molecule has 0 aromatic heterocycles. The maximum atomic E-state index is 3.73. The van der Waals surface area contributed by atoms with Crippen molar-refractivity contribution in [2.75, 3.05) is 0 Å². The second-order valence-electron chi connectivity index (χ2n) is 4.01. The van der Waals surface area contributed by atoms with Gasteiger partial charge in [0.2, 0.25) is 0 Å². The van der Waals surface area contributed by atoms with Crippen LogP contribution in [0.25, 0.3) is 6.08 Å². The Bertz CT molecular complexity index is 276. The zero-order chi connectivity index (χ0) is 9.19. The first kappa shape index (κ1) is 9.05. The van der Waals surface area contributed by atoms with Gasteiger partial charge in [-0.05, 0) is 28.7 Å². The van der Waals surface area contributed by atoms with Crippen molar-refractivity contribution in [2.45, 2.75) is 26.2 Å². The van der Waals surface area contributed by atoms with Crippen LogP contribution in [0.15, 0.2) is 24.8 Å². The van der Waals surface area contributed by atoms with Gasteiger partial charge in [0.15, 0.2) is 0 Å². The molecule has 0 N–H and O–H groups in total. The Balaban J connectivity index is 3.10. The summed E-state index contributed by atoms with van der Waals surface area (Å²) in [5.41, 5.74) is 2.65. The highest BCUT2D eigenvalue weighted by Gasteiger charge is 2.12. The molecule has 1 aromatic carbocycles. The molecule has 0 aliphatic heterocycles. The van der Waals surface area contributed by atoms with Crippen molar-refractivity contribution in [1.29, 1.82) is 0 Å². The van der Waals surface area contributed by atoms with Crippen molar-refractivity contribution in [3.8, 4) is 0 Å². The lowest BCUT2D eigenvalue weighted by atomic mass is 9.86. The van der Waals surface area contributed by atoms with Crippen LogP contribution in [0.4, 0.5) is 0 Å². The maximum absolute atomic E-state index is 3.73. The summed E-state index contributed by atoms with van der Waals surface area (Å²) in [5.74, 6) is 0. The van der Waals surface area contributed by atoms with E-state index in [2.05, 4.69) is 39.5 Å². The Morgan fingerprint density at radius 1 is 1.33 bits per heavy atom. The Hall–Kier alpha value is -1.04. The number of hydrogen-bond donors (Lipinski definition) is 0. The van der Waals surface area contributed by atoms with E-state index >= 15 is 0 Å². The lowest BCUT2D eigenvalue weighted by molar-refractivity contribution is 0.590. The predicted octanol–water partition coefficient (Wildman–Crippen LogP) is 3.43. The molecule has 1 rings (SSSR count). The summed E-state index contributed by atoms with van der Waals surface area (Å²) in [6.07, 6.45) is 1.85. The summed E-state index contributed by atoms with van der Waals surface area (Å²) in [6.45, 7) is 10.3. The number of benzene rings is 1. The van der Waals surface area contributed by atoms with E-state index in [9.17, 15) is 0 Å². The van der Waals surface area contributed by atoms with Crippen molar-refractivity contribution in [1.82, 2.24) is 0 Å². The standard InChI is InChI=1S/C12H15/c1-5-10-7-6-8-11(9-10)12(2,3)4/h5,7-9H,1H2,2-4H3. The van der Waals surface area contributed by atoms with Crippen LogP contribution in [0, 0.1) is 6.07 Å². The number of rotatable bonds is 1. The van der Waals surface area contributed by atoms with Gasteiger partial charge in [0, 0.05) is 0 Å². The highest BCUT2D eigenvalue weighted by molar-refractivity contribution is 5.48. The van der Waals surface area contributed by atoms with Gasteiger partial charge in [0.25, 0.3) is 0 Å². The molecule has 0 aliphatic carbocycles. The van der Waals surface area contributed by atoms with E-state index in [1.165, 1.54) is 5.56 Å². The van der Waals surface area contributed by atoms with E-state index in [4.69, 9.17) is 0 Å². The van der Waals surface area contributed by atoms with E-state index in [1.807, 2.05) is 18.2 Å². The normalized spacial score (nSPS) is 11.2. The maximum Gasteiger partial charge on any atom is -0.0131 e. The van der Waals surface area contributed by atoms with Crippen molar-refractivity contribution in [2.24, 2.45) is 0 Å². The van der Waals surface area contributed by atoms with E-state index in [0.29, 0.717) is 0 Å². The summed E-state index contributed by atoms with van der Waals surface area (Å²) in [6, 6.07) is 9.25. The molecule has 0 fully saturated rings. The third-order valence-corrected chi connectivity index (χ3v) is 1.91. The monoisotopic (exact) mass is 159 g/mol. The molecule has 0 aliphatic rings. The first-order valence-corrected chi connectivity index (χ1v) is 4.18. The van der Waals surface area contributed by atoms with Crippen LogP contribution in [0.3, 0.4) is 0 Å². The van der Waals surface area contributed by atoms with Gasteiger partial charge in [-0.1, -0.05) is 45.6 Å². The minimum absolute atomic E-state index is 0.204. The molecule has 63 valence electrons. The van der Waals surface area contributed by atoms with Gasteiger partial charge in [0.05, 0.1) is 0 Å². The van der Waals surface area contributed by atoms with Gasteiger partial charge in [0.1, 0.15) is 0 Å². The lowest BCUT2D eigenvalue weighted by Gasteiger charge is -2.18. The zero-order valence-corrected chi connectivity index (χ0v) is 8.02. The summed E-state index contributed by atoms with van der Waals surface area (Å²) < 4.78 is 0. The van der Waals surface area contributed by atoms with Gasteiger partial charge in [-0.2, -0.15) is 0 Å². The largest absolute Gasteiger partial charge is 0.0985 e. The van der Waals surface area contributed by atoms with E-state index in [1.54, 1.807) is 0 Å². The molecule has 0 saturated heterocycles. The molecule has 0 nitrogen and oxygen atoms in total. The third kappa shape index (κ3) is 1.97. The summed E-state index contributed by atoms with van der Waals surface area (Å²) in [4.78, 5) is 0. The molecule has 0 atom stereocenters. The van der Waals surface area contributed by atoms with Gasteiger partial charge in [-0.3, -0.25) is 0 Å². The highest BCUT2D eigenvalue weighted by Crippen LogP contribution is 2.22. The number of hydrogen-bond acceptors (Lipinski definition) is 0. The SMILES string of the molecule is C=Cc1c[c]cc(C(C)(C)C)c1. The smallest absolute Gasteiger partial charge is 0.0131 e. The van der Waals surface area contributed by atoms with Crippen LogP contribution in [0.1, 0.15) is 31.9 Å². The molecule has 12 heavy (non-hydrogen) atoms. The Kier molecular flexibility index (Phi) is 2.37. The third-order valence-electron chi connectivity index (χ3n) is 1.91. The second kappa shape index (κ2) is 3.14. The van der Waals surface area contributed by atoms with Crippen LogP contribution in [0.2, 0.25) is 0 Å². The van der Waals surface area contributed by atoms with Crippen LogP contribution in [0.5, 0.6) is 0 Å². The van der Waals surface area contributed by atoms with Crippen LogP contribution < -0.4 is 0 Å². The Morgan fingerprint density at radius 2 is 2.00 bits per heavy atom. The quantitative estimate of drug-likeness (QED) is 0.589. The molecule has 0 amide bonds. The molecule has 0 heteroatoms. The lowest BCUT2D eigenvalue weighted by Crippen LogP contribution is -2.10. The molecular formula is C12H15. The fraction of sp³-hybridized carbons (Fsp3) is 0.333. The molecular weight excluding hydrogens is 144 g/mol. The topological polar surface area (TPSA) is 0 Å². The summed E-state index contributed by atoms with van der Waals surface area (Å²) in [7, 11) is 0.